The Bertz CT molecular complexity index is 1470. The summed E-state index contributed by atoms with van der Waals surface area (Å²) in [6.45, 7) is -2.75. The van der Waals surface area contributed by atoms with E-state index >= 15 is 0 Å². The molecule has 1 atom stereocenters. The van der Waals surface area contributed by atoms with Gasteiger partial charge in [-0.1, -0.05) is 47.5 Å². The Kier molecular flexibility index (Phi) is 8.09. The molecule has 39 heavy (non-hydrogen) atoms. The zero-order chi connectivity index (χ0) is 27.5. The molecule has 1 aliphatic carbocycles. The number of carbonyl (C=O) groups is 1. The van der Waals surface area contributed by atoms with Crippen molar-refractivity contribution in [2.24, 2.45) is 5.92 Å². The van der Waals surface area contributed by atoms with Crippen molar-refractivity contribution in [2.45, 2.75) is 38.5 Å². The average Bonchev–Trinajstić information content (AvgIpc) is 3.64. The average molecular weight is 577 g/mol. The third kappa shape index (κ3) is 6.72. The van der Waals surface area contributed by atoms with Gasteiger partial charge in [0, 0.05) is 23.7 Å². The van der Waals surface area contributed by atoms with Crippen molar-refractivity contribution in [3.05, 3.63) is 93.5 Å². The van der Waals surface area contributed by atoms with E-state index in [2.05, 4.69) is 4.74 Å². The number of ether oxygens (including phenoxy) is 3. The second kappa shape index (κ2) is 11.7. The lowest BCUT2D eigenvalue weighted by Gasteiger charge is -2.21. The van der Waals surface area contributed by atoms with E-state index in [9.17, 15) is 18.8 Å². The van der Waals surface area contributed by atoms with Crippen LogP contribution >= 0.6 is 23.2 Å². The van der Waals surface area contributed by atoms with Gasteiger partial charge in [-0.3, -0.25) is 4.79 Å². The van der Waals surface area contributed by atoms with Crippen molar-refractivity contribution in [2.75, 3.05) is 6.61 Å². The standard InChI is InChI=1S/C28H24Cl2F2N2O5/c29-21-13-34(36)14-22(30)20(21)12-25(38-27(35)15-33-10-9-18-3-1-2-4-23(18)33)19-7-8-24(39-28(31)32)26(11-19)37-16-17-5-6-17/h1-4,7-11,13-14,17,25,28H,5-6,12,15-16H2. The topological polar surface area (TPSA) is 76.6 Å². The highest BCUT2D eigenvalue weighted by Gasteiger charge is 2.26. The van der Waals surface area contributed by atoms with Gasteiger partial charge < -0.3 is 24.0 Å². The van der Waals surface area contributed by atoms with Gasteiger partial charge in [-0.25, -0.2) is 0 Å². The Balaban J connectivity index is 1.45. The molecule has 0 spiro atoms. The van der Waals surface area contributed by atoms with Gasteiger partial charge in [0.05, 0.1) is 6.61 Å². The summed E-state index contributed by atoms with van der Waals surface area (Å²) >= 11 is 12.6. The summed E-state index contributed by atoms with van der Waals surface area (Å²) in [6, 6.07) is 13.9. The molecular weight excluding hydrogens is 553 g/mol. The molecule has 1 fully saturated rings. The van der Waals surface area contributed by atoms with Crippen molar-refractivity contribution in [1.29, 1.82) is 0 Å². The first kappa shape index (κ1) is 27.0. The third-order valence-corrected chi connectivity index (χ3v) is 7.08. The Morgan fingerprint density at radius 1 is 1.08 bits per heavy atom. The van der Waals surface area contributed by atoms with Gasteiger partial charge in [-0.2, -0.15) is 13.5 Å². The summed E-state index contributed by atoms with van der Waals surface area (Å²) in [5, 5.41) is 12.9. The van der Waals surface area contributed by atoms with Crippen LogP contribution in [0.1, 0.15) is 30.1 Å². The van der Waals surface area contributed by atoms with Gasteiger partial charge >= 0.3 is 12.6 Å². The maximum absolute atomic E-state index is 13.2. The molecule has 1 aliphatic rings. The van der Waals surface area contributed by atoms with E-state index in [1.807, 2.05) is 30.3 Å². The lowest BCUT2D eigenvalue weighted by atomic mass is 10.0. The van der Waals surface area contributed by atoms with Crippen LogP contribution in [-0.4, -0.2) is 23.8 Å². The number of para-hydroxylation sites is 1. The minimum Gasteiger partial charge on any atom is -0.619 e. The van der Waals surface area contributed by atoms with Crippen LogP contribution in [0, 0.1) is 11.1 Å². The summed E-state index contributed by atoms with van der Waals surface area (Å²) in [5.41, 5.74) is 1.71. The number of nitrogens with zero attached hydrogens (tertiary/aromatic N) is 2. The molecule has 0 radical (unpaired) electrons. The third-order valence-electron chi connectivity index (χ3n) is 6.43. The van der Waals surface area contributed by atoms with Crippen LogP contribution in [0.15, 0.2) is 67.1 Å². The molecule has 0 bridgehead atoms. The number of hydrogen-bond donors (Lipinski definition) is 0. The Hall–Kier alpha value is -3.56. The van der Waals surface area contributed by atoms with Gasteiger partial charge in [-0.15, -0.1) is 0 Å². The number of carbonyl (C=O) groups excluding carboxylic acids is 1. The van der Waals surface area contributed by atoms with Crippen LogP contribution in [-0.2, 0) is 22.5 Å². The van der Waals surface area contributed by atoms with Crippen molar-refractivity contribution >= 4 is 40.1 Å². The number of rotatable bonds is 11. The number of pyridine rings is 1. The number of halogens is 4. The first-order valence-electron chi connectivity index (χ1n) is 12.3. The SMILES string of the molecule is O=C(Cn1ccc2ccccc21)OC(Cc1c(Cl)c[n+]([O-])cc1Cl)c1ccc(OC(F)F)c(OCC2CC2)c1. The van der Waals surface area contributed by atoms with Crippen LogP contribution in [0.25, 0.3) is 10.9 Å². The monoisotopic (exact) mass is 576 g/mol. The van der Waals surface area contributed by atoms with E-state index in [4.69, 9.17) is 32.7 Å². The van der Waals surface area contributed by atoms with Crippen LogP contribution < -0.4 is 14.2 Å². The predicted molar refractivity (Wildman–Crippen MR) is 141 cm³/mol. The normalized spacial score (nSPS) is 14.0. The van der Waals surface area contributed by atoms with Crippen molar-refractivity contribution in [3.63, 3.8) is 0 Å². The Morgan fingerprint density at radius 2 is 1.82 bits per heavy atom. The number of esters is 1. The number of fused-ring (bicyclic) bond motifs is 1. The van der Waals surface area contributed by atoms with Gasteiger partial charge in [0.1, 0.15) is 22.7 Å². The van der Waals surface area contributed by atoms with E-state index < -0.39 is 18.7 Å². The molecule has 204 valence electrons. The molecule has 2 heterocycles. The molecule has 2 aromatic heterocycles. The molecule has 1 saturated carbocycles. The van der Waals surface area contributed by atoms with Crippen LogP contribution in [0.3, 0.4) is 0 Å². The number of aromatic nitrogens is 2. The summed E-state index contributed by atoms with van der Waals surface area (Å²) < 4.78 is 44.7. The van der Waals surface area contributed by atoms with Gasteiger partial charge in [0.2, 0.25) is 0 Å². The minimum atomic E-state index is -3.04. The molecule has 0 saturated heterocycles. The minimum absolute atomic E-state index is 0.0216. The summed E-state index contributed by atoms with van der Waals surface area (Å²) in [4.78, 5) is 13.2. The predicted octanol–water partition coefficient (Wildman–Crippen LogP) is 6.50. The van der Waals surface area contributed by atoms with Crippen molar-refractivity contribution < 1.29 is 32.5 Å². The van der Waals surface area contributed by atoms with Crippen LogP contribution in [0.2, 0.25) is 10.0 Å². The first-order valence-corrected chi connectivity index (χ1v) is 13.0. The summed E-state index contributed by atoms with van der Waals surface area (Å²) in [5.74, 6) is -0.197. The smallest absolute Gasteiger partial charge is 0.387 e. The molecule has 2 aromatic carbocycles. The second-order valence-corrected chi connectivity index (χ2v) is 10.1. The first-order chi connectivity index (χ1) is 18.8. The van der Waals surface area contributed by atoms with Crippen LogP contribution in [0.4, 0.5) is 8.78 Å². The molecule has 5 rings (SSSR count). The fourth-order valence-corrected chi connectivity index (χ4v) is 4.87. The molecule has 0 N–H and O–H groups in total. The van der Waals surface area contributed by atoms with E-state index in [1.165, 1.54) is 18.2 Å². The fourth-order valence-electron chi connectivity index (χ4n) is 4.28. The van der Waals surface area contributed by atoms with E-state index in [0.29, 0.717) is 28.4 Å². The highest BCUT2D eigenvalue weighted by Crippen LogP contribution is 2.38. The molecule has 7 nitrogen and oxygen atoms in total. The molecular formula is C28H24Cl2F2N2O5. The van der Waals surface area contributed by atoms with E-state index in [0.717, 1.165) is 36.1 Å². The lowest BCUT2D eigenvalue weighted by Crippen LogP contribution is -2.26. The fraction of sp³-hybridized carbons (Fsp3) is 0.286. The van der Waals surface area contributed by atoms with Gasteiger partial charge in [-0.05, 0) is 54.0 Å². The zero-order valence-corrected chi connectivity index (χ0v) is 22.1. The zero-order valence-electron chi connectivity index (χ0n) is 20.6. The van der Waals surface area contributed by atoms with Gasteiger partial charge in [0.15, 0.2) is 23.9 Å². The van der Waals surface area contributed by atoms with Crippen molar-refractivity contribution in [3.8, 4) is 11.5 Å². The Morgan fingerprint density at radius 3 is 2.54 bits per heavy atom. The van der Waals surface area contributed by atoms with E-state index in [-0.39, 0.29) is 34.5 Å². The highest BCUT2D eigenvalue weighted by atomic mass is 35.5. The molecule has 4 aromatic rings. The lowest BCUT2D eigenvalue weighted by molar-refractivity contribution is -0.605. The largest absolute Gasteiger partial charge is 0.619 e. The summed E-state index contributed by atoms with van der Waals surface area (Å²) in [6.07, 6.45) is 5.19. The second-order valence-electron chi connectivity index (χ2n) is 9.32. The summed E-state index contributed by atoms with van der Waals surface area (Å²) in [7, 11) is 0. The van der Waals surface area contributed by atoms with Crippen molar-refractivity contribution in [1.82, 2.24) is 4.57 Å². The Labute approximate surface area is 233 Å². The number of alkyl halides is 2. The van der Waals surface area contributed by atoms with Gasteiger partial charge in [0.25, 0.3) is 0 Å². The van der Waals surface area contributed by atoms with Crippen LogP contribution in [0.5, 0.6) is 11.5 Å². The molecule has 1 unspecified atom stereocenters. The maximum Gasteiger partial charge on any atom is 0.387 e. The maximum atomic E-state index is 13.2. The van der Waals surface area contributed by atoms with E-state index in [1.54, 1.807) is 10.8 Å². The quantitative estimate of drug-likeness (QED) is 0.116. The number of benzene rings is 2. The highest BCUT2D eigenvalue weighted by molar-refractivity contribution is 6.35. The molecule has 0 amide bonds. The number of hydrogen-bond acceptors (Lipinski definition) is 5. The molecule has 11 heteroatoms. The molecule has 0 aliphatic heterocycles.